The topological polar surface area (TPSA) is 87.7 Å². The number of hydrogen-bond donors (Lipinski definition) is 2. The molecule has 0 aromatic heterocycles. The summed E-state index contributed by atoms with van der Waals surface area (Å²) in [6.07, 6.45) is 0.458. The van der Waals surface area contributed by atoms with E-state index in [4.69, 9.17) is 4.74 Å². The van der Waals surface area contributed by atoms with E-state index < -0.39 is 5.92 Å². The van der Waals surface area contributed by atoms with Crippen LogP contribution in [0.15, 0.2) is 24.3 Å². The Balaban J connectivity index is 1.91. The SMILES string of the molecule is COc1ccc(N2C[C@@H](C(=O)NNC(=O)CC(C)C)CC2=O)cc1. The number of nitrogens with one attached hydrogen (secondary N) is 2. The Morgan fingerprint density at radius 3 is 2.50 bits per heavy atom. The Morgan fingerprint density at radius 2 is 1.92 bits per heavy atom. The molecule has 7 heteroatoms. The van der Waals surface area contributed by atoms with E-state index in [0.29, 0.717) is 12.2 Å². The lowest BCUT2D eigenvalue weighted by Crippen LogP contribution is -2.45. The van der Waals surface area contributed by atoms with Gasteiger partial charge in [0, 0.05) is 25.1 Å². The zero-order valence-corrected chi connectivity index (χ0v) is 14.2. The van der Waals surface area contributed by atoms with Crippen LogP contribution in [0.3, 0.4) is 0 Å². The third kappa shape index (κ3) is 4.47. The van der Waals surface area contributed by atoms with Gasteiger partial charge in [-0.1, -0.05) is 13.8 Å². The first-order valence-corrected chi connectivity index (χ1v) is 7.93. The van der Waals surface area contributed by atoms with Crippen molar-refractivity contribution in [3.05, 3.63) is 24.3 Å². The van der Waals surface area contributed by atoms with Gasteiger partial charge in [-0.15, -0.1) is 0 Å². The maximum Gasteiger partial charge on any atom is 0.243 e. The van der Waals surface area contributed by atoms with Crippen LogP contribution in [0.25, 0.3) is 0 Å². The van der Waals surface area contributed by atoms with E-state index in [1.807, 2.05) is 13.8 Å². The smallest absolute Gasteiger partial charge is 0.243 e. The van der Waals surface area contributed by atoms with Crippen molar-refractivity contribution in [2.45, 2.75) is 26.7 Å². The molecule has 24 heavy (non-hydrogen) atoms. The van der Waals surface area contributed by atoms with Crippen molar-refractivity contribution in [3.8, 4) is 5.75 Å². The molecule has 0 aliphatic carbocycles. The molecule has 1 aliphatic heterocycles. The summed E-state index contributed by atoms with van der Waals surface area (Å²) < 4.78 is 5.09. The van der Waals surface area contributed by atoms with Crippen LogP contribution >= 0.6 is 0 Å². The molecule has 3 amide bonds. The van der Waals surface area contributed by atoms with E-state index in [0.717, 1.165) is 5.69 Å². The Hall–Kier alpha value is -2.57. The summed E-state index contributed by atoms with van der Waals surface area (Å²) >= 11 is 0. The van der Waals surface area contributed by atoms with Gasteiger partial charge in [-0.05, 0) is 30.2 Å². The first-order valence-electron chi connectivity index (χ1n) is 7.93. The maximum absolute atomic E-state index is 12.2. The summed E-state index contributed by atoms with van der Waals surface area (Å²) in [5.41, 5.74) is 5.52. The first kappa shape index (κ1) is 17.8. The van der Waals surface area contributed by atoms with Crippen LogP contribution in [0.4, 0.5) is 5.69 Å². The lowest BCUT2D eigenvalue weighted by molar-refractivity contribution is -0.131. The van der Waals surface area contributed by atoms with E-state index in [-0.39, 0.29) is 36.6 Å². The molecule has 1 aromatic rings. The third-order valence-electron chi connectivity index (χ3n) is 3.80. The summed E-state index contributed by atoms with van der Waals surface area (Å²) in [5, 5.41) is 0. The number of nitrogens with zero attached hydrogens (tertiary/aromatic N) is 1. The molecule has 0 saturated carbocycles. The predicted octanol–water partition coefficient (Wildman–Crippen LogP) is 1.24. The number of methoxy groups -OCH3 is 1. The van der Waals surface area contributed by atoms with Crippen LogP contribution in [0.1, 0.15) is 26.7 Å². The molecule has 1 aliphatic rings. The highest BCUT2D eigenvalue weighted by Crippen LogP contribution is 2.26. The van der Waals surface area contributed by atoms with Crippen LogP contribution in [0.5, 0.6) is 5.75 Å². The fraction of sp³-hybridized carbons (Fsp3) is 0.471. The van der Waals surface area contributed by atoms with Crippen molar-refractivity contribution in [3.63, 3.8) is 0 Å². The summed E-state index contributed by atoms with van der Waals surface area (Å²) in [7, 11) is 1.57. The van der Waals surface area contributed by atoms with Gasteiger partial charge in [0.15, 0.2) is 0 Å². The summed E-state index contributed by atoms with van der Waals surface area (Å²) in [6, 6.07) is 7.09. The van der Waals surface area contributed by atoms with Crippen LogP contribution in [0.2, 0.25) is 0 Å². The van der Waals surface area contributed by atoms with Gasteiger partial charge in [0.1, 0.15) is 5.75 Å². The molecule has 0 radical (unpaired) electrons. The highest BCUT2D eigenvalue weighted by molar-refractivity contribution is 6.00. The van der Waals surface area contributed by atoms with Crippen molar-refractivity contribution >= 4 is 23.4 Å². The zero-order chi connectivity index (χ0) is 17.7. The summed E-state index contributed by atoms with van der Waals surface area (Å²) in [6.45, 7) is 4.13. The van der Waals surface area contributed by atoms with Crippen molar-refractivity contribution in [1.29, 1.82) is 0 Å². The molecule has 0 spiro atoms. The van der Waals surface area contributed by atoms with Gasteiger partial charge in [0.2, 0.25) is 17.7 Å². The molecule has 1 fully saturated rings. The van der Waals surface area contributed by atoms with E-state index in [2.05, 4.69) is 10.9 Å². The maximum atomic E-state index is 12.2. The molecular formula is C17H23N3O4. The van der Waals surface area contributed by atoms with Gasteiger partial charge in [-0.2, -0.15) is 0 Å². The van der Waals surface area contributed by atoms with Gasteiger partial charge < -0.3 is 9.64 Å². The third-order valence-corrected chi connectivity index (χ3v) is 3.80. The second-order valence-corrected chi connectivity index (χ2v) is 6.24. The number of rotatable bonds is 5. The molecular weight excluding hydrogens is 310 g/mol. The molecule has 2 N–H and O–H groups in total. The number of ether oxygens (including phenoxy) is 1. The number of amides is 3. The van der Waals surface area contributed by atoms with Crippen molar-refractivity contribution < 1.29 is 19.1 Å². The average Bonchev–Trinajstić information content (AvgIpc) is 2.94. The Bertz CT molecular complexity index is 613. The largest absolute Gasteiger partial charge is 0.497 e. The van der Waals surface area contributed by atoms with Gasteiger partial charge in [0.05, 0.1) is 13.0 Å². The minimum absolute atomic E-state index is 0.117. The standard InChI is InChI=1S/C17H23N3O4/c1-11(2)8-15(21)18-19-17(23)12-9-16(22)20(10-12)13-4-6-14(24-3)7-5-13/h4-7,11-12H,8-10H2,1-3H3,(H,18,21)(H,19,23)/t12-/m0/s1. The van der Waals surface area contributed by atoms with Gasteiger partial charge in [-0.3, -0.25) is 25.2 Å². The zero-order valence-electron chi connectivity index (χ0n) is 14.2. The van der Waals surface area contributed by atoms with Crippen molar-refractivity contribution in [2.75, 3.05) is 18.6 Å². The molecule has 130 valence electrons. The van der Waals surface area contributed by atoms with Gasteiger partial charge >= 0.3 is 0 Å². The highest BCUT2D eigenvalue weighted by atomic mass is 16.5. The molecule has 1 heterocycles. The van der Waals surface area contributed by atoms with E-state index >= 15 is 0 Å². The number of anilines is 1. The normalized spacial score (nSPS) is 17.1. The lowest BCUT2D eigenvalue weighted by atomic mass is 10.1. The van der Waals surface area contributed by atoms with Gasteiger partial charge in [-0.25, -0.2) is 0 Å². The molecule has 1 saturated heterocycles. The van der Waals surface area contributed by atoms with E-state index in [1.165, 1.54) is 0 Å². The summed E-state index contributed by atoms with van der Waals surface area (Å²) in [5.74, 6) is -0.285. The number of carbonyl (C=O) groups excluding carboxylic acids is 3. The number of benzene rings is 1. The Labute approximate surface area is 141 Å². The lowest BCUT2D eigenvalue weighted by Gasteiger charge is -2.17. The second-order valence-electron chi connectivity index (χ2n) is 6.24. The molecule has 1 aromatic carbocycles. The van der Waals surface area contributed by atoms with Crippen molar-refractivity contribution in [1.82, 2.24) is 10.9 Å². The number of hydrazine groups is 1. The average molecular weight is 333 g/mol. The number of carbonyl (C=O) groups is 3. The van der Waals surface area contributed by atoms with Crippen LogP contribution in [0, 0.1) is 11.8 Å². The molecule has 0 unspecified atom stereocenters. The number of hydrogen-bond acceptors (Lipinski definition) is 4. The molecule has 0 bridgehead atoms. The van der Waals surface area contributed by atoms with E-state index in [1.54, 1.807) is 36.3 Å². The highest BCUT2D eigenvalue weighted by Gasteiger charge is 2.35. The van der Waals surface area contributed by atoms with E-state index in [9.17, 15) is 14.4 Å². The Kier molecular flexibility index (Phi) is 5.78. The molecule has 1 atom stereocenters. The van der Waals surface area contributed by atoms with Crippen LogP contribution in [-0.2, 0) is 14.4 Å². The van der Waals surface area contributed by atoms with Crippen molar-refractivity contribution in [2.24, 2.45) is 11.8 Å². The van der Waals surface area contributed by atoms with Crippen LogP contribution < -0.4 is 20.5 Å². The molecule has 2 rings (SSSR count). The quantitative estimate of drug-likeness (QED) is 0.794. The summed E-state index contributed by atoms with van der Waals surface area (Å²) in [4.78, 5) is 37.4. The minimum atomic E-state index is -0.487. The fourth-order valence-corrected chi connectivity index (χ4v) is 2.55. The monoisotopic (exact) mass is 333 g/mol. The minimum Gasteiger partial charge on any atom is -0.497 e. The predicted molar refractivity (Wildman–Crippen MR) is 89.2 cm³/mol. The molecule has 7 nitrogen and oxygen atoms in total. The second kappa shape index (κ2) is 7.81. The first-order chi connectivity index (χ1) is 11.4. The Morgan fingerprint density at radius 1 is 1.25 bits per heavy atom. The van der Waals surface area contributed by atoms with Crippen LogP contribution in [-0.4, -0.2) is 31.4 Å². The fourth-order valence-electron chi connectivity index (χ4n) is 2.55. The van der Waals surface area contributed by atoms with Gasteiger partial charge in [0.25, 0.3) is 0 Å².